The Hall–Kier alpha value is -2.54. The monoisotopic (exact) mass is 411 g/mol. The van der Waals surface area contributed by atoms with E-state index in [1.807, 2.05) is 11.0 Å². The molecule has 26 heavy (non-hydrogen) atoms. The molecule has 7 heteroatoms. The molecule has 1 amide bonds. The maximum Gasteiger partial charge on any atom is 0.271 e. The third kappa shape index (κ3) is 3.26. The summed E-state index contributed by atoms with van der Waals surface area (Å²) in [6.45, 7) is 3.65. The first-order valence-corrected chi connectivity index (χ1v) is 9.28. The molecular weight excluding hydrogens is 394 g/mol. The van der Waals surface area contributed by atoms with Gasteiger partial charge in [0.15, 0.2) is 0 Å². The van der Waals surface area contributed by atoms with E-state index in [0.717, 1.165) is 16.6 Å². The number of aromatic amines is 1. The second-order valence-electron chi connectivity index (χ2n) is 6.64. The number of likely N-dealkylation sites (tertiary alicyclic amines) is 1. The second-order valence-corrected chi connectivity index (χ2v) is 7.56. The lowest BCUT2D eigenvalue weighted by Crippen LogP contribution is -2.29. The van der Waals surface area contributed by atoms with Crippen LogP contribution in [0.15, 0.2) is 53.3 Å². The maximum atomic E-state index is 12.9. The zero-order valence-electron chi connectivity index (χ0n) is 14.3. The van der Waals surface area contributed by atoms with E-state index >= 15 is 0 Å². The van der Waals surface area contributed by atoms with Crippen LogP contribution in [0.2, 0.25) is 0 Å². The number of carbonyl (C=O) groups is 1. The molecule has 0 spiro atoms. The molecule has 3 aromatic rings. The van der Waals surface area contributed by atoms with Crippen molar-refractivity contribution in [3.63, 3.8) is 0 Å². The van der Waals surface area contributed by atoms with Crippen LogP contribution < -0.4 is 0 Å². The molecule has 0 bridgehead atoms. The third-order valence-corrected chi connectivity index (χ3v) is 5.41. The minimum atomic E-state index is -0.0165. The van der Waals surface area contributed by atoms with Gasteiger partial charge in [-0.05, 0) is 35.7 Å². The Kier molecular flexibility index (Phi) is 4.55. The summed E-state index contributed by atoms with van der Waals surface area (Å²) in [7, 11) is 0. The molecule has 1 saturated heterocycles. The van der Waals surface area contributed by atoms with Gasteiger partial charge in [-0.15, -0.1) is 0 Å². The van der Waals surface area contributed by atoms with Gasteiger partial charge in [-0.3, -0.25) is 9.89 Å². The lowest BCUT2D eigenvalue weighted by Gasteiger charge is -2.16. The van der Waals surface area contributed by atoms with E-state index in [1.54, 1.807) is 18.5 Å². The minimum absolute atomic E-state index is 0.0165. The van der Waals surface area contributed by atoms with E-state index in [0.29, 0.717) is 29.8 Å². The Morgan fingerprint density at radius 3 is 2.73 bits per heavy atom. The lowest BCUT2D eigenvalue weighted by atomic mass is 9.90. The van der Waals surface area contributed by atoms with Crippen molar-refractivity contribution in [2.45, 2.75) is 12.8 Å². The summed E-state index contributed by atoms with van der Waals surface area (Å²) in [5, 5.41) is 14.7. The van der Waals surface area contributed by atoms with E-state index in [9.17, 15) is 4.79 Å². The van der Waals surface area contributed by atoms with Crippen molar-refractivity contribution in [2.75, 3.05) is 13.1 Å². The molecule has 132 valence electrons. The molecule has 0 unspecified atom stereocenters. The van der Waals surface area contributed by atoms with Crippen LogP contribution in [0.3, 0.4) is 0 Å². The number of benzene rings is 1. The van der Waals surface area contributed by atoms with Crippen LogP contribution in [-0.4, -0.2) is 44.3 Å². The number of rotatable bonds is 3. The molecule has 4 rings (SSSR count). The van der Waals surface area contributed by atoms with Gasteiger partial charge < -0.3 is 4.90 Å². The van der Waals surface area contributed by atoms with Gasteiger partial charge in [-0.25, -0.2) is 0 Å². The summed E-state index contributed by atoms with van der Waals surface area (Å²) < 4.78 is 1.07. The van der Waals surface area contributed by atoms with Crippen LogP contribution in [0.5, 0.6) is 0 Å². The highest BCUT2D eigenvalue weighted by Crippen LogP contribution is 2.33. The quantitative estimate of drug-likeness (QED) is 0.715. The molecule has 2 atom stereocenters. The molecule has 0 saturated carbocycles. The normalized spacial score (nSPS) is 19.7. The molecule has 1 aliphatic rings. The summed E-state index contributed by atoms with van der Waals surface area (Å²) in [5.41, 5.74) is 3.29. The first-order chi connectivity index (χ1) is 12.6. The summed E-state index contributed by atoms with van der Waals surface area (Å²) in [6.07, 6.45) is 3.24. The number of aromatic nitrogens is 4. The Bertz CT molecular complexity index is 909. The van der Waals surface area contributed by atoms with Crippen molar-refractivity contribution in [1.82, 2.24) is 25.3 Å². The van der Waals surface area contributed by atoms with Crippen molar-refractivity contribution in [2.24, 2.45) is 5.92 Å². The van der Waals surface area contributed by atoms with E-state index in [1.165, 1.54) is 5.56 Å². The van der Waals surface area contributed by atoms with E-state index in [2.05, 4.69) is 67.5 Å². The van der Waals surface area contributed by atoms with Crippen LogP contribution in [0, 0.1) is 5.92 Å². The first-order valence-electron chi connectivity index (χ1n) is 8.49. The number of nitrogens with one attached hydrogen (secondary N) is 1. The van der Waals surface area contributed by atoms with Gasteiger partial charge in [0.25, 0.3) is 5.91 Å². The third-order valence-electron chi connectivity index (χ3n) is 4.89. The molecule has 1 aliphatic heterocycles. The topological polar surface area (TPSA) is 74.8 Å². The van der Waals surface area contributed by atoms with Crippen LogP contribution in [0.25, 0.3) is 11.3 Å². The Morgan fingerprint density at radius 2 is 2.00 bits per heavy atom. The number of carbonyl (C=O) groups excluding carboxylic acids is 1. The minimum Gasteiger partial charge on any atom is -0.336 e. The molecule has 3 heterocycles. The highest BCUT2D eigenvalue weighted by Gasteiger charge is 2.34. The molecule has 2 aromatic heterocycles. The van der Waals surface area contributed by atoms with Crippen molar-refractivity contribution < 1.29 is 4.79 Å². The van der Waals surface area contributed by atoms with Gasteiger partial charge in [0.1, 0.15) is 5.69 Å². The second kappa shape index (κ2) is 6.99. The smallest absolute Gasteiger partial charge is 0.271 e. The molecular formula is C19H18BrN5O. The standard InChI is InChI=1S/C19H18BrN5O/c1-12-10-25(11-16(12)13-2-4-15(20)5-3-13)19(26)18-8-17(23-24-18)14-6-7-21-22-9-14/h2-9,12,16H,10-11H2,1H3,(H,23,24)/t12-,16-/m1/s1. The highest BCUT2D eigenvalue weighted by atomic mass is 79.9. The van der Waals surface area contributed by atoms with Crippen LogP contribution in [0.1, 0.15) is 28.9 Å². The Morgan fingerprint density at radius 1 is 1.19 bits per heavy atom. The largest absolute Gasteiger partial charge is 0.336 e. The fourth-order valence-corrected chi connectivity index (χ4v) is 3.73. The van der Waals surface area contributed by atoms with Crippen molar-refractivity contribution >= 4 is 21.8 Å². The highest BCUT2D eigenvalue weighted by molar-refractivity contribution is 9.10. The zero-order valence-corrected chi connectivity index (χ0v) is 15.8. The van der Waals surface area contributed by atoms with Gasteiger partial charge in [0.2, 0.25) is 0 Å². The Labute approximate surface area is 159 Å². The summed E-state index contributed by atoms with van der Waals surface area (Å²) in [4.78, 5) is 14.8. The van der Waals surface area contributed by atoms with Gasteiger partial charge in [-0.1, -0.05) is 35.0 Å². The van der Waals surface area contributed by atoms with Crippen LogP contribution >= 0.6 is 15.9 Å². The van der Waals surface area contributed by atoms with Gasteiger partial charge >= 0.3 is 0 Å². The predicted molar refractivity (Wildman–Crippen MR) is 102 cm³/mol. The SMILES string of the molecule is C[C@@H]1CN(C(=O)c2cc(-c3ccnnc3)n[nH]2)C[C@H]1c1ccc(Br)cc1. The zero-order chi connectivity index (χ0) is 18.1. The molecule has 1 fully saturated rings. The van der Waals surface area contributed by atoms with E-state index < -0.39 is 0 Å². The fraction of sp³-hybridized carbons (Fsp3) is 0.263. The van der Waals surface area contributed by atoms with E-state index in [4.69, 9.17) is 0 Å². The predicted octanol–water partition coefficient (Wildman–Crippen LogP) is 3.50. The fourth-order valence-electron chi connectivity index (χ4n) is 3.47. The van der Waals surface area contributed by atoms with Crippen molar-refractivity contribution in [3.8, 4) is 11.3 Å². The maximum absolute atomic E-state index is 12.9. The van der Waals surface area contributed by atoms with Crippen LogP contribution in [-0.2, 0) is 0 Å². The van der Waals surface area contributed by atoms with Gasteiger partial charge in [0, 0.05) is 29.0 Å². The van der Waals surface area contributed by atoms with E-state index in [-0.39, 0.29) is 5.91 Å². The molecule has 1 N–H and O–H groups in total. The number of hydrogen-bond donors (Lipinski definition) is 1. The average Bonchev–Trinajstić information content (AvgIpc) is 3.30. The number of hydrogen-bond acceptors (Lipinski definition) is 4. The van der Waals surface area contributed by atoms with Gasteiger partial charge in [-0.2, -0.15) is 15.3 Å². The summed E-state index contributed by atoms with van der Waals surface area (Å²) >= 11 is 3.47. The van der Waals surface area contributed by atoms with Crippen LogP contribution in [0.4, 0.5) is 0 Å². The molecule has 0 radical (unpaired) electrons. The number of H-pyrrole nitrogens is 1. The van der Waals surface area contributed by atoms with Crippen molar-refractivity contribution in [3.05, 3.63) is 64.5 Å². The summed E-state index contributed by atoms with van der Waals surface area (Å²) in [5.74, 6) is 0.739. The average molecular weight is 412 g/mol. The number of amides is 1. The molecule has 6 nitrogen and oxygen atoms in total. The lowest BCUT2D eigenvalue weighted by molar-refractivity contribution is 0.0781. The summed E-state index contributed by atoms with van der Waals surface area (Å²) in [6, 6.07) is 12.0. The molecule has 1 aromatic carbocycles. The first kappa shape index (κ1) is 16.9. The Balaban J connectivity index is 1.51. The number of halogens is 1. The molecule has 0 aliphatic carbocycles. The van der Waals surface area contributed by atoms with Crippen molar-refractivity contribution in [1.29, 1.82) is 0 Å². The number of nitrogens with zero attached hydrogens (tertiary/aromatic N) is 4. The van der Waals surface area contributed by atoms with Gasteiger partial charge in [0.05, 0.1) is 18.1 Å².